The van der Waals surface area contributed by atoms with Gasteiger partial charge in [0.15, 0.2) is 11.5 Å². The van der Waals surface area contributed by atoms with Gasteiger partial charge in [-0.1, -0.05) is 35.3 Å². The van der Waals surface area contributed by atoms with E-state index in [1.54, 1.807) is 52.6 Å². The maximum Gasteiger partial charge on any atom is 0.254 e. The summed E-state index contributed by atoms with van der Waals surface area (Å²) in [5, 5.41) is 3.06. The van der Waals surface area contributed by atoms with Crippen molar-refractivity contribution in [1.82, 2.24) is 9.80 Å². The third-order valence-electron chi connectivity index (χ3n) is 6.13. The SMILES string of the molecule is C=CCN(CC(=O)N1CCc2sccc2C1c1ccc(Cl)cc1Cl)C(=O)c1ccc2c(c1)OCO2. The van der Waals surface area contributed by atoms with Gasteiger partial charge in [0.1, 0.15) is 6.54 Å². The molecule has 1 unspecified atom stereocenters. The van der Waals surface area contributed by atoms with Crippen LogP contribution in [-0.4, -0.2) is 48.0 Å². The Morgan fingerprint density at radius 2 is 1.94 bits per heavy atom. The van der Waals surface area contributed by atoms with E-state index in [1.165, 1.54) is 9.78 Å². The molecular weight excluding hydrogens is 507 g/mol. The Labute approximate surface area is 217 Å². The van der Waals surface area contributed by atoms with Gasteiger partial charge in [-0.15, -0.1) is 17.9 Å². The first-order valence-corrected chi connectivity index (χ1v) is 12.7. The zero-order valence-electron chi connectivity index (χ0n) is 18.7. The van der Waals surface area contributed by atoms with Crippen LogP contribution in [0.2, 0.25) is 10.0 Å². The molecule has 5 rings (SSSR count). The van der Waals surface area contributed by atoms with Crippen molar-refractivity contribution in [2.75, 3.05) is 26.4 Å². The van der Waals surface area contributed by atoms with Gasteiger partial charge in [0.05, 0.1) is 6.04 Å². The predicted octanol–water partition coefficient (Wildman–Crippen LogP) is 5.59. The maximum atomic E-state index is 13.7. The number of rotatable bonds is 6. The number of benzene rings is 2. The number of hydrogen-bond acceptors (Lipinski definition) is 5. The van der Waals surface area contributed by atoms with Crippen molar-refractivity contribution in [3.63, 3.8) is 0 Å². The lowest BCUT2D eigenvalue weighted by Gasteiger charge is -2.38. The molecule has 0 aliphatic carbocycles. The van der Waals surface area contributed by atoms with Gasteiger partial charge in [-0.2, -0.15) is 0 Å². The minimum absolute atomic E-state index is 0.0968. The van der Waals surface area contributed by atoms with E-state index < -0.39 is 0 Å². The number of ether oxygens (including phenoxy) is 2. The molecule has 2 aliphatic rings. The summed E-state index contributed by atoms with van der Waals surface area (Å²) in [6, 6.07) is 12.0. The van der Waals surface area contributed by atoms with E-state index in [1.807, 2.05) is 17.5 Å². The average molecular weight is 529 g/mol. The highest BCUT2D eigenvalue weighted by Crippen LogP contribution is 2.41. The molecule has 0 saturated carbocycles. The van der Waals surface area contributed by atoms with Crippen LogP contribution in [0.1, 0.15) is 32.4 Å². The fourth-order valence-electron chi connectivity index (χ4n) is 4.49. The van der Waals surface area contributed by atoms with Gasteiger partial charge in [-0.3, -0.25) is 9.59 Å². The molecule has 3 heterocycles. The second-order valence-electron chi connectivity index (χ2n) is 8.25. The third-order valence-corrected chi connectivity index (χ3v) is 7.68. The van der Waals surface area contributed by atoms with Gasteiger partial charge in [0, 0.05) is 33.6 Å². The Hall–Kier alpha value is -3.00. The molecule has 2 aromatic carbocycles. The topological polar surface area (TPSA) is 59.1 Å². The Balaban J connectivity index is 1.43. The van der Waals surface area contributed by atoms with E-state index in [0.717, 1.165) is 17.5 Å². The molecule has 180 valence electrons. The standard InChI is InChI=1S/C26H22Cl2N2O4S/c1-2-9-29(26(32)16-3-6-21-22(12-16)34-15-33-21)14-24(31)30-10-7-23-19(8-11-35-23)25(30)18-5-4-17(27)13-20(18)28/h2-6,8,11-13,25H,1,7,9-10,14-15H2. The molecule has 3 aromatic rings. The normalized spacial score (nSPS) is 16.1. The summed E-state index contributed by atoms with van der Waals surface area (Å²) in [5.74, 6) is 0.648. The molecular formula is C26H22Cl2N2O4S. The van der Waals surface area contributed by atoms with Gasteiger partial charge in [0.25, 0.3) is 5.91 Å². The number of amides is 2. The van der Waals surface area contributed by atoms with E-state index in [2.05, 4.69) is 6.58 Å². The molecule has 1 atom stereocenters. The fourth-order valence-corrected chi connectivity index (χ4v) is 5.90. The van der Waals surface area contributed by atoms with Crippen LogP contribution in [0.15, 0.2) is 60.5 Å². The minimum Gasteiger partial charge on any atom is -0.454 e. The lowest BCUT2D eigenvalue weighted by molar-refractivity contribution is -0.133. The minimum atomic E-state index is -0.353. The number of hydrogen-bond donors (Lipinski definition) is 0. The molecule has 0 N–H and O–H groups in total. The number of nitrogens with zero attached hydrogens (tertiary/aromatic N) is 2. The maximum absolute atomic E-state index is 13.7. The van der Waals surface area contributed by atoms with Crippen LogP contribution < -0.4 is 9.47 Å². The lowest BCUT2D eigenvalue weighted by atomic mass is 9.93. The zero-order chi connectivity index (χ0) is 24.5. The number of fused-ring (bicyclic) bond motifs is 2. The van der Waals surface area contributed by atoms with Gasteiger partial charge in [0.2, 0.25) is 12.7 Å². The van der Waals surface area contributed by atoms with Crippen molar-refractivity contribution in [3.8, 4) is 11.5 Å². The van der Waals surface area contributed by atoms with Crippen LogP contribution in [0.25, 0.3) is 0 Å². The van der Waals surface area contributed by atoms with E-state index in [4.69, 9.17) is 32.7 Å². The van der Waals surface area contributed by atoms with E-state index >= 15 is 0 Å². The largest absolute Gasteiger partial charge is 0.454 e. The van der Waals surface area contributed by atoms with Gasteiger partial charge >= 0.3 is 0 Å². The molecule has 2 amide bonds. The molecule has 9 heteroatoms. The molecule has 35 heavy (non-hydrogen) atoms. The monoisotopic (exact) mass is 528 g/mol. The fraction of sp³-hybridized carbons (Fsp3) is 0.231. The predicted molar refractivity (Wildman–Crippen MR) is 137 cm³/mol. The highest BCUT2D eigenvalue weighted by atomic mass is 35.5. The van der Waals surface area contributed by atoms with Gasteiger partial charge < -0.3 is 19.3 Å². The first-order chi connectivity index (χ1) is 17.0. The van der Waals surface area contributed by atoms with E-state index in [0.29, 0.717) is 33.7 Å². The van der Waals surface area contributed by atoms with Crippen molar-refractivity contribution in [2.45, 2.75) is 12.5 Å². The molecule has 0 fully saturated rings. The molecule has 0 saturated heterocycles. The van der Waals surface area contributed by atoms with Crippen molar-refractivity contribution < 1.29 is 19.1 Å². The van der Waals surface area contributed by atoms with Gasteiger partial charge in [-0.25, -0.2) is 0 Å². The summed E-state index contributed by atoms with van der Waals surface area (Å²) in [5.41, 5.74) is 2.28. The van der Waals surface area contributed by atoms with E-state index in [9.17, 15) is 9.59 Å². The molecule has 6 nitrogen and oxygen atoms in total. The summed E-state index contributed by atoms with van der Waals surface area (Å²) >= 11 is 14.4. The molecule has 1 aromatic heterocycles. The Morgan fingerprint density at radius 1 is 1.11 bits per heavy atom. The smallest absolute Gasteiger partial charge is 0.254 e. The van der Waals surface area contributed by atoms with Crippen LogP contribution >= 0.6 is 34.5 Å². The molecule has 2 aliphatic heterocycles. The Kier molecular flexibility index (Phi) is 6.73. The summed E-state index contributed by atoms with van der Waals surface area (Å²) < 4.78 is 10.7. The van der Waals surface area contributed by atoms with Crippen molar-refractivity contribution in [1.29, 1.82) is 0 Å². The molecule has 0 spiro atoms. The van der Waals surface area contributed by atoms with Crippen molar-refractivity contribution >= 4 is 46.4 Å². The highest BCUT2D eigenvalue weighted by Gasteiger charge is 2.35. The number of carbonyl (C=O) groups excluding carboxylic acids is 2. The van der Waals surface area contributed by atoms with Gasteiger partial charge in [-0.05, 0) is 59.3 Å². The quantitative estimate of drug-likeness (QED) is 0.391. The highest BCUT2D eigenvalue weighted by molar-refractivity contribution is 7.10. The third kappa shape index (κ3) is 4.63. The van der Waals surface area contributed by atoms with E-state index in [-0.39, 0.29) is 37.7 Å². The average Bonchev–Trinajstić information content (AvgIpc) is 3.52. The van der Waals surface area contributed by atoms with Crippen LogP contribution in [0.3, 0.4) is 0 Å². The van der Waals surface area contributed by atoms with Crippen LogP contribution in [0.4, 0.5) is 0 Å². The Bertz CT molecular complexity index is 1310. The summed E-state index contributed by atoms with van der Waals surface area (Å²) in [4.78, 5) is 31.5. The summed E-state index contributed by atoms with van der Waals surface area (Å²) in [7, 11) is 0. The molecule has 0 bridgehead atoms. The Morgan fingerprint density at radius 3 is 2.74 bits per heavy atom. The number of thiophene rings is 1. The zero-order valence-corrected chi connectivity index (χ0v) is 21.0. The molecule has 0 radical (unpaired) electrons. The first-order valence-electron chi connectivity index (χ1n) is 11.1. The van der Waals surface area contributed by atoms with Crippen LogP contribution in [0.5, 0.6) is 11.5 Å². The lowest BCUT2D eigenvalue weighted by Crippen LogP contribution is -2.46. The first kappa shape index (κ1) is 23.7. The summed E-state index contributed by atoms with van der Waals surface area (Å²) in [6.45, 7) is 4.54. The van der Waals surface area contributed by atoms with Crippen molar-refractivity contribution in [3.05, 3.63) is 92.1 Å². The summed E-state index contributed by atoms with van der Waals surface area (Å²) in [6.07, 6.45) is 2.36. The number of carbonyl (C=O) groups is 2. The number of halogens is 2. The second kappa shape index (κ2) is 9.93. The second-order valence-corrected chi connectivity index (χ2v) is 10.1. The van der Waals surface area contributed by atoms with Crippen LogP contribution in [0, 0.1) is 0 Å². The van der Waals surface area contributed by atoms with Crippen molar-refractivity contribution in [2.24, 2.45) is 0 Å². The van der Waals surface area contributed by atoms with Crippen LogP contribution in [-0.2, 0) is 11.2 Å².